The van der Waals surface area contributed by atoms with Crippen LogP contribution in [0.25, 0.3) is 5.69 Å². The van der Waals surface area contributed by atoms with Gasteiger partial charge in [0.05, 0.1) is 9.10 Å². The number of benzene rings is 1. The fourth-order valence-corrected chi connectivity index (χ4v) is 8.58. The maximum Gasteiger partial charge on any atom is 0.334 e. The van der Waals surface area contributed by atoms with Crippen molar-refractivity contribution < 1.29 is 8.42 Å². The van der Waals surface area contributed by atoms with Crippen LogP contribution in [0.15, 0.2) is 47.0 Å². The summed E-state index contributed by atoms with van der Waals surface area (Å²) in [6.07, 6.45) is 4.04. The van der Waals surface area contributed by atoms with E-state index in [9.17, 15) is 13.2 Å². The van der Waals surface area contributed by atoms with Gasteiger partial charge >= 0.3 is 5.69 Å². The maximum atomic E-state index is 14.0. The van der Waals surface area contributed by atoms with Crippen LogP contribution in [-0.2, 0) is 16.6 Å². The molecule has 0 bridgehead atoms. The highest BCUT2D eigenvalue weighted by Gasteiger charge is 2.30. The summed E-state index contributed by atoms with van der Waals surface area (Å²) < 4.78 is 36.5. The molecule has 0 radical (unpaired) electrons. The van der Waals surface area contributed by atoms with Crippen molar-refractivity contribution in [3.63, 3.8) is 0 Å². The number of thioether (sulfide) groups is 1. The Balaban J connectivity index is 2.38. The summed E-state index contributed by atoms with van der Waals surface area (Å²) >= 11 is 6.67. The molecule has 10 heteroatoms. The summed E-state index contributed by atoms with van der Waals surface area (Å²) in [5.74, 6) is 0.856. The zero-order valence-corrected chi connectivity index (χ0v) is 27.8. The number of aromatic nitrogens is 2. The van der Waals surface area contributed by atoms with Gasteiger partial charge in [-0.3, -0.25) is 9.13 Å². The summed E-state index contributed by atoms with van der Waals surface area (Å²) in [4.78, 5) is 15.1. The molecule has 0 fully saturated rings. The summed E-state index contributed by atoms with van der Waals surface area (Å²) in [7, 11) is -4.06. The molecular formula is C28H40BrN3O3S3. The van der Waals surface area contributed by atoms with Gasteiger partial charge in [-0.15, -0.1) is 27.5 Å². The predicted molar refractivity (Wildman–Crippen MR) is 164 cm³/mol. The Kier molecular flexibility index (Phi) is 9.86. The number of fused-ring (bicyclic) bond motifs is 1. The number of nitrogens with zero attached hydrogens (tertiary/aromatic N) is 3. The molecule has 0 aromatic heterocycles. The topological polar surface area (TPSA) is 73.4 Å². The molecule has 0 saturated carbocycles. The molecule has 3 rings (SSSR count). The first-order chi connectivity index (χ1) is 17.6. The lowest BCUT2D eigenvalue weighted by Gasteiger charge is -2.24. The quantitative estimate of drug-likeness (QED) is 0.203. The largest absolute Gasteiger partial charge is 0.334 e. The van der Waals surface area contributed by atoms with Crippen LogP contribution in [0.2, 0.25) is 0 Å². The molecule has 0 amide bonds. The van der Waals surface area contributed by atoms with E-state index in [0.29, 0.717) is 12.2 Å². The minimum atomic E-state index is -4.06. The number of hydrogen-bond donors (Lipinski definition) is 0. The second-order valence-electron chi connectivity index (χ2n) is 11.5. The van der Waals surface area contributed by atoms with Crippen molar-refractivity contribution >= 4 is 49.1 Å². The van der Waals surface area contributed by atoms with E-state index in [2.05, 4.69) is 61.9 Å². The minimum Gasteiger partial charge on any atom is -0.275 e. The van der Waals surface area contributed by atoms with Crippen LogP contribution in [0, 0.1) is 24.7 Å². The van der Waals surface area contributed by atoms with E-state index < -0.39 is 10.0 Å². The highest BCUT2D eigenvalue weighted by atomic mass is 79.9. The lowest BCUT2D eigenvalue weighted by Crippen LogP contribution is -2.34. The Morgan fingerprint density at radius 1 is 1.00 bits per heavy atom. The van der Waals surface area contributed by atoms with E-state index in [1.807, 2.05) is 13.8 Å². The highest BCUT2D eigenvalue weighted by Crippen LogP contribution is 2.38. The number of aryl methyl sites for hydroxylation is 1. The maximum absolute atomic E-state index is 14.0. The molecule has 0 atom stereocenters. The lowest BCUT2D eigenvalue weighted by molar-refractivity contribution is 0.272. The highest BCUT2D eigenvalue weighted by molar-refractivity contribution is 9.10. The van der Waals surface area contributed by atoms with Gasteiger partial charge in [0, 0.05) is 27.3 Å². The monoisotopic (exact) mass is 641 g/mol. The van der Waals surface area contributed by atoms with E-state index in [1.165, 1.54) is 12.1 Å². The summed E-state index contributed by atoms with van der Waals surface area (Å²) in [5, 5.41) is 0. The molecule has 1 aromatic rings. The van der Waals surface area contributed by atoms with Crippen LogP contribution in [0.5, 0.6) is 0 Å². The third-order valence-corrected chi connectivity index (χ3v) is 11.5. The average Bonchev–Trinajstić information content (AvgIpc) is 3.06. The molecule has 0 unspecified atom stereocenters. The number of hydrogen-bond acceptors (Lipinski definition) is 5. The molecule has 0 N–H and O–H groups in total. The van der Waals surface area contributed by atoms with Crippen molar-refractivity contribution in [2.24, 2.45) is 15.2 Å². The Bertz CT molecular complexity index is 1480. The van der Waals surface area contributed by atoms with Crippen molar-refractivity contribution in [1.82, 2.24) is 9.13 Å². The van der Waals surface area contributed by atoms with Crippen LogP contribution in [-0.4, -0.2) is 23.3 Å². The molecule has 6 nitrogen and oxygen atoms in total. The van der Waals surface area contributed by atoms with Gasteiger partial charge in [-0.1, -0.05) is 70.3 Å². The fraction of sp³-hybridized carbons (Fsp3) is 0.571. The van der Waals surface area contributed by atoms with Crippen molar-refractivity contribution in [3.8, 4) is 5.69 Å². The first kappa shape index (κ1) is 31.2. The van der Waals surface area contributed by atoms with Crippen molar-refractivity contribution in [1.29, 1.82) is 0 Å². The Hall–Kier alpha value is -1.36. The Morgan fingerprint density at radius 2 is 1.58 bits per heavy atom. The third-order valence-electron chi connectivity index (χ3n) is 6.75. The molecule has 2 aliphatic heterocycles. The standard InChI is InChI=1S/C28H40BrN3O3S3/c1-9-15-27(5,6)17-31-24(30-38(34,35)22-13-11-21(29)12-14-22)23-25(36-18-28(7,8)16-10-2)37-20(4)19(3)32(23)26(31)33/h11-14H,9-10,15-18H2,1-8H3. The van der Waals surface area contributed by atoms with Gasteiger partial charge in [0.15, 0.2) is 5.49 Å². The molecule has 0 saturated heterocycles. The first-order valence-corrected chi connectivity index (χ1v) is 17.1. The molecule has 0 spiro atoms. The van der Waals surface area contributed by atoms with Crippen LogP contribution in [0.3, 0.4) is 0 Å². The van der Waals surface area contributed by atoms with E-state index in [0.717, 1.165) is 50.7 Å². The van der Waals surface area contributed by atoms with Gasteiger partial charge in [0.25, 0.3) is 10.0 Å². The zero-order valence-electron chi connectivity index (χ0n) is 23.7. The van der Waals surface area contributed by atoms with Gasteiger partial charge in [-0.25, -0.2) is 4.79 Å². The molecule has 38 heavy (non-hydrogen) atoms. The van der Waals surface area contributed by atoms with E-state index in [1.54, 1.807) is 44.4 Å². The van der Waals surface area contributed by atoms with Crippen LogP contribution in [0.1, 0.15) is 77.8 Å². The van der Waals surface area contributed by atoms with Crippen LogP contribution in [0.4, 0.5) is 0 Å². The lowest BCUT2D eigenvalue weighted by atomic mass is 9.88. The molecule has 2 heterocycles. The van der Waals surface area contributed by atoms with Crippen molar-refractivity contribution in [2.45, 2.75) is 96.7 Å². The van der Waals surface area contributed by atoms with Crippen LogP contribution < -0.4 is 11.2 Å². The second-order valence-corrected chi connectivity index (χ2v) is 16.5. The van der Waals surface area contributed by atoms with Crippen molar-refractivity contribution in [2.75, 3.05) is 5.75 Å². The van der Waals surface area contributed by atoms with Gasteiger partial charge in [-0.2, -0.15) is 8.42 Å². The average molecular weight is 643 g/mol. The van der Waals surface area contributed by atoms with E-state index >= 15 is 0 Å². The summed E-state index contributed by atoms with van der Waals surface area (Å²) in [5.41, 5.74) is 1.28. The number of halogens is 1. The normalized spacial score (nSPS) is 13.6. The van der Waals surface area contributed by atoms with E-state index in [-0.39, 0.29) is 26.9 Å². The molecule has 0 aliphatic carbocycles. The van der Waals surface area contributed by atoms with Crippen molar-refractivity contribution in [3.05, 3.63) is 55.3 Å². The van der Waals surface area contributed by atoms with Gasteiger partial charge in [0.2, 0.25) is 0 Å². The van der Waals surface area contributed by atoms with Gasteiger partial charge in [0.1, 0.15) is 5.69 Å². The summed E-state index contributed by atoms with van der Waals surface area (Å²) in [6, 6.07) is 6.44. The first-order valence-electron chi connectivity index (χ1n) is 13.1. The number of rotatable bonds is 11. The van der Waals surface area contributed by atoms with Gasteiger partial charge < -0.3 is 0 Å². The SMILES string of the molecule is CCCC(C)(C)CSc1sc(C)c(C)n2c(=O)n(CC(C)(C)CCC)c(=NS(=O)(=O)c3ccc(Br)cc3)c1-2. The smallest absolute Gasteiger partial charge is 0.275 e. The number of sulfonamides is 1. The molecule has 2 aliphatic rings. The van der Waals surface area contributed by atoms with E-state index in [4.69, 9.17) is 0 Å². The van der Waals surface area contributed by atoms with Crippen LogP contribution >= 0.6 is 39.0 Å². The number of imidazole rings is 1. The fourth-order valence-electron chi connectivity index (χ4n) is 4.75. The molecular weight excluding hydrogens is 602 g/mol. The molecule has 1 aromatic carbocycles. The molecule has 210 valence electrons. The second kappa shape index (κ2) is 12.0. The predicted octanol–water partition coefficient (Wildman–Crippen LogP) is 7.55. The third kappa shape index (κ3) is 7.04. The minimum absolute atomic E-state index is 0.0951. The summed E-state index contributed by atoms with van der Waals surface area (Å²) in [6.45, 7) is 17.3. The zero-order chi connectivity index (χ0) is 28.5. The Morgan fingerprint density at radius 3 is 2.16 bits per heavy atom. The Labute approximate surface area is 244 Å². The van der Waals surface area contributed by atoms with Gasteiger partial charge in [-0.05, 0) is 61.8 Å².